The second kappa shape index (κ2) is 11.9. The van der Waals surface area contributed by atoms with E-state index in [1.807, 2.05) is 48.3 Å². The summed E-state index contributed by atoms with van der Waals surface area (Å²) in [6, 6.07) is 13.3. The highest BCUT2D eigenvalue weighted by Crippen LogP contribution is 2.24. The molecule has 2 aromatic heterocycles. The van der Waals surface area contributed by atoms with Crippen LogP contribution in [0.1, 0.15) is 49.5 Å². The number of hydrogen-bond acceptors (Lipinski definition) is 8. The number of amides is 1. The zero-order valence-corrected chi connectivity index (χ0v) is 23.6. The van der Waals surface area contributed by atoms with Crippen LogP contribution in [0.4, 0.5) is 23.0 Å². The molecule has 39 heavy (non-hydrogen) atoms. The third-order valence-electron chi connectivity index (χ3n) is 7.06. The summed E-state index contributed by atoms with van der Waals surface area (Å²) in [5.41, 5.74) is 8.61. The van der Waals surface area contributed by atoms with E-state index in [1.165, 1.54) is 10.2 Å². The predicted octanol–water partition coefficient (Wildman–Crippen LogP) is 3.01. The van der Waals surface area contributed by atoms with Gasteiger partial charge >= 0.3 is 0 Å². The fourth-order valence-electron chi connectivity index (χ4n) is 4.68. The Labute approximate surface area is 230 Å². The van der Waals surface area contributed by atoms with Gasteiger partial charge in [0, 0.05) is 57.9 Å². The molecule has 4 rings (SSSR count). The van der Waals surface area contributed by atoms with E-state index in [0.717, 1.165) is 31.6 Å². The fourth-order valence-corrected chi connectivity index (χ4v) is 4.68. The van der Waals surface area contributed by atoms with Gasteiger partial charge in [0.25, 0.3) is 11.5 Å². The number of anilines is 4. The summed E-state index contributed by atoms with van der Waals surface area (Å²) in [5.74, 6) is 1.16. The van der Waals surface area contributed by atoms with Crippen molar-refractivity contribution in [1.82, 2.24) is 20.1 Å². The SMILES string of the molecule is CN(CCN)c1ccc(Nc2cc(N3CCC[C@@H](NC(=O)c4ccc(C(C)(C)C)cc4)C3)nn(C)c2=O)nc1. The van der Waals surface area contributed by atoms with E-state index in [4.69, 9.17) is 5.73 Å². The number of pyridine rings is 1. The second-order valence-electron chi connectivity index (χ2n) is 11.2. The van der Waals surface area contributed by atoms with Crippen molar-refractivity contribution in [3.8, 4) is 0 Å². The molecular weight excluding hydrogens is 492 g/mol. The lowest BCUT2D eigenvalue weighted by Gasteiger charge is -2.34. The minimum atomic E-state index is -0.245. The Hall–Kier alpha value is -3.92. The van der Waals surface area contributed by atoms with Gasteiger partial charge in [0.15, 0.2) is 5.82 Å². The summed E-state index contributed by atoms with van der Waals surface area (Å²) in [4.78, 5) is 34.4. The largest absolute Gasteiger partial charge is 0.372 e. The van der Waals surface area contributed by atoms with Crippen LogP contribution in [0.3, 0.4) is 0 Å². The summed E-state index contributed by atoms with van der Waals surface area (Å²) < 4.78 is 1.33. The van der Waals surface area contributed by atoms with Gasteiger partial charge in [-0.15, -0.1) is 0 Å². The molecule has 3 heterocycles. The van der Waals surface area contributed by atoms with Gasteiger partial charge in [-0.3, -0.25) is 9.59 Å². The quantitative estimate of drug-likeness (QED) is 0.405. The monoisotopic (exact) mass is 532 g/mol. The Morgan fingerprint density at radius 2 is 1.92 bits per heavy atom. The molecule has 0 aliphatic carbocycles. The van der Waals surface area contributed by atoms with Gasteiger partial charge in [-0.05, 0) is 48.1 Å². The van der Waals surface area contributed by atoms with Gasteiger partial charge in [-0.1, -0.05) is 32.9 Å². The number of carbonyl (C=O) groups excluding carboxylic acids is 1. The predicted molar refractivity (Wildman–Crippen MR) is 157 cm³/mol. The van der Waals surface area contributed by atoms with Gasteiger partial charge < -0.3 is 26.2 Å². The molecule has 0 radical (unpaired) electrons. The van der Waals surface area contributed by atoms with Crippen LogP contribution in [-0.4, -0.2) is 59.9 Å². The first-order valence-electron chi connectivity index (χ1n) is 13.4. The van der Waals surface area contributed by atoms with E-state index in [1.54, 1.807) is 19.3 Å². The molecule has 10 nitrogen and oxygen atoms in total. The maximum Gasteiger partial charge on any atom is 0.290 e. The van der Waals surface area contributed by atoms with Crippen molar-refractivity contribution in [2.45, 2.75) is 45.1 Å². The third-order valence-corrected chi connectivity index (χ3v) is 7.06. The Balaban J connectivity index is 1.44. The smallest absolute Gasteiger partial charge is 0.290 e. The molecule has 1 aliphatic heterocycles. The van der Waals surface area contributed by atoms with Crippen molar-refractivity contribution in [3.05, 3.63) is 70.1 Å². The average molecular weight is 533 g/mol. The Morgan fingerprint density at radius 3 is 2.56 bits per heavy atom. The minimum Gasteiger partial charge on any atom is -0.372 e. The molecule has 1 amide bonds. The summed E-state index contributed by atoms with van der Waals surface area (Å²) in [5, 5.41) is 10.8. The van der Waals surface area contributed by atoms with Gasteiger partial charge in [0.1, 0.15) is 11.5 Å². The third kappa shape index (κ3) is 6.94. The van der Waals surface area contributed by atoms with Crippen LogP contribution in [0, 0.1) is 0 Å². The van der Waals surface area contributed by atoms with Crippen LogP contribution in [0.15, 0.2) is 53.5 Å². The second-order valence-corrected chi connectivity index (χ2v) is 11.2. The molecule has 10 heteroatoms. The van der Waals surface area contributed by atoms with Crippen molar-refractivity contribution < 1.29 is 4.79 Å². The summed E-state index contributed by atoms with van der Waals surface area (Å²) >= 11 is 0. The van der Waals surface area contributed by atoms with Crippen molar-refractivity contribution in [3.63, 3.8) is 0 Å². The number of nitrogens with one attached hydrogen (secondary N) is 2. The minimum absolute atomic E-state index is 0.0243. The molecule has 1 saturated heterocycles. The molecule has 0 unspecified atom stereocenters. The van der Waals surface area contributed by atoms with Crippen LogP contribution >= 0.6 is 0 Å². The van der Waals surface area contributed by atoms with E-state index in [0.29, 0.717) is 36.0 Å². The van der Waals surface area contributed by atoms with E-state index in [-0.39, 0.29) is 22.9 Å². The van der Waals surface area contributed by atoms with E-state index < -0.39 is 0 Å². The molecule has 208 valence electrons. The Kier molecular flexibility index (Phi) is 8.54. The maximum atomic E-state index is 13.0. The topological polar surface area (TPSA) is 121 Å². The molecular formula is C29H40N8O2. The number of piperidine rings is 1. The maximum absolute atomic E-state index is 13.0. The lowest BCUT2D eigenvalue weighted by molar-refractivity contribution is 0.0933. The first-order chi connectivity index (χ1) is 18.5. The van der Waals surface area contributed by atoms with E-state index in [2.05, 4.69) is 46.4 Å². The fraction of sp³-hybridized carbons (Fsp3) is 0.448. The van der Waals surface area contributed by atoms with Crippen molar-refractivity contribution in [2.24, 2.45) is 12.8 Å². The molecule has 1 atom stereocenters. The molecule has 1 aromatic carbocycles. The van der Waals surface area contributed by atoms with Gasteiger partial charge in [-0.2, -0.15) is 5.10 Å². The number of nitrogens with two attached hydrogens (primary N) is 1. The lowest BCUT2D eigenvalue weighted by Crippen LogP contribution is -2.48. The Morgan fingerprint density at radius 1 is 1.18 bits per heavy atom. The van der Waals surface area contributed by atoms with Crippen LogP contribution in [0.25, 0.3) is 0 Å². The summed E-state index contributed by atoms with van der Waals surface area (Å²) in [6.45, 7) is 9.14. The van der Waals surface area contributed by atoms with Gasteiger partial charge in [0.2, 0.25) is 0 Å². The number of aryl methyl sites for hydroxylation is 1. The van der Waals surface area contributed by atoms with E-state index in [9.17, 15) is 9.59 Å². The van der Waals surface area contributed by atoms with Crippen molar-refractivity contribution in [2.75, 3.05) is 48.3 Å². The summed E-state index contributed by atoms with van der Waals surface area (Å²) in [6.07, 6.45) is 3.54. The molecule has 1 aliphatic rings. The molecule has 4 N–H and O–H groups in total. The van der Waals surface area contributed by atoms with E-state index >= 15 is 0 Å². The molecule has 0 spiro atoms. The van der Waals surface area contributed by atoms with Gasteiger partial charge in [-0.25, -0.2) is 9.67 Å². The number of nitrogens with zero attached hydrogens (tertiary/aromatic N) is 5. The number of rotatable bonds is 8. The standard InChI is InChI=1S/C29H40N8O2/c1-29(2,3)21-10-8-20(9-11-21)27(38)32-22-7-6-15-37(19-22)26-17-24(28(39)36(5)34-26)33-25-13-12-23(18-31-25)35(4)16-14-30/h8-13,17-18,22H,6-7,14-16,19,30H2,1-5H3,(H,31,33)(H,32,38)/t22-/m1/s1. The Bertz CT molecular complexity index is 1330. The molecule has 0 saturated carbocycles. The molecule has 0 bridgehead atoms. The number of hydrogen-bond donors (Lipinski definition) is 3. The van der Waals surface area contributed by atoms with Crippen molar-refractivity contribution >= 4 is 28.9 Å². The number of aromatic nitrogens is 3. The highest BCUT2D eigenvalue weighted by Gasteiger charge is 2.24. The number of carbonyl (C=O) groups is 1. The molecule has 1 fully saturated rings. The first-order valence-corrected chi connectivity index (χ1v) is 13.4. The molecule has 3 aromatic rings. The normalized spacial score (nSPS) is 15.6. The highest BCUT2D eigenvalue weighted by molar-refractivity contribution is 5.94. The van der Waals surface area contributed by atoms with Crippen molar-refractivity contribution in [1.29, 1.82) is 0 Å². The average Bonchev–Trinajstić information content (AvgIpc) is 2.91. The zero-order chi connectivity index (χ0) is 28.2. The van der Waals surface area contributed by atoms with Gasteiger partial charge in [0.05, 0.1) is 11.9 Å². The highest BCUT2D eigenvalue weighted by atomic mass is 16.2. The zero-order valence-electron chi connectivity index (χ0n) is 23.6. The van der Waals surface area contributed by atoms with Crippen LogP contribution in [0.2, 0.25) is 0 Å². The van der Waals surface area contributed by atoms with Crippen LogP contribution < -0.4 is 31.7 Å². The number of benzene rings is 1. The van der Waals surface area contributed by atoms with Crippen LogP contribution in [-0.2, 0) is 12.5 Å². The first kappa shape index (κ1) is 28.1. The lowest BCUT2D eigenvalue weighted by atomic mass is 9.86. The van der Waals surface area contributed by atoms with Crippen LogP contribution in [0.5, 0.6) is 0 Å². The number of likely N-dealkylation sites (N-methyl/N-ethyl adjacent to an activating group) is 1. The summed E-state index contributed by atoms with van der Waals surface area (Å²) in [7, 11) is 3.60.